The molecule has 25 heavy (non-hydrogen) atoms. The minimum absolute atomic E-state index is 0.0566. The van der Waals surface area contributed by atoms with E-state index in [1.165, 1.54) is 16.8 Å². The Kier molecular flexibility index (Phi) is 4.25. The van der Waals surface area contributed by atoms with Crippen molar-refractivity contribution < 1.29 is 4.79 Å². The van der Waals surface area contributed by atoms with Crippen LogP contribution in [0.3, 0.4) is 0 Å². The van der Waals surface area contributed by atoms with Crippen molar-refractivity contribution in [3.05, 3.63) is 58.5 Å². The van der Waals surface area contributed by atoms with Crippen molar-refractivity contribution in [2.75, 3.05) is 5.73 Å². The fourth-order valence-electron chi connectivity index (χ4n) is 2.41. The number of carbonyl (C=O) groups excluding carboxylic acids is 1. The Balaban J connectivity index is 2.31. The van der Waals surface area contributed by atoms with E-state index in [9.17, 15) is 9.59 Å². The molecule has 0 saturated heterocycles. The van der Waals surface area contributed by atoms with E-state index in [4.69, 9.17) is 11.5 Å². The molecular formula is C17H16N6O2. The van der Waals surface area contributed by atoms with Crippen LogP contribution in [0.15, 0.2) is 47.3 Å². The van der Waals surface area contributed by atoms with E-state index in [0.29, 0.717) is 23.6 Å². The lowest BCUT2D eigenvalue weighted by molar-refractivity contribution is 0.0996. The zero-order chi connectivity index (χ0) is 18.0. The number of rotatable bonds is 4. The van der Waals surface area contributed by atoms with E-state index in [0.717, 1.165) is 5.56 Å². The highest BCUT2D eigenvalue weighted by Crippen LogP contribution is 2.29. The van der Waals surface area contributed by atoms with Crippen molar-refractivity contribution in [1.82, 2.24) is 19.7 Å². The Bertz CT molecular complexity index is 998. The Labute approximate surface area is 143 Å². The summed E-state index contributed by atoms with van der Waals surface area (Å²) >= 11 is 0. The average Bonchev–Trinajstić information content (AvgIpc) is 2.62. The number of hydrogen-bond donors (Lipinski definition) is 2. The summed E-state index contributed by atoms with van der Waals surface area (Å²) < 4.78 is 1.30. The minimum Gasteiger partial charge on any atom is -0.382 e. The van der Waals surface area contributed by atoms with Crippen LogP contribution in [0.1, 0.15) is 17.4 Å². The summed E-state index contributed by atoms with van der Waals surface area (Å²) in [6.45, 7) is 2.21. The predicted octanol–water partition coefficient (Wildman–Crippen LogP) is 1.07. The largest absolute Gasteiger partial charge is 0.382 e. The molecule has 0 aliphatic rings. The van der Waals surface area contributed by atoms with Crippen molar-refractivity contribution in [3.63, 3.8) is 0 Å². The molecule has 126 valence electrons. The molecule has 2 aromatic heterocycles. The maximum absolute atomic E-state index is 11.8. The fraction of sp³-hybridized carbons (Fsp3) is 0.118. The molecule has 2 heterocycles. The minimum atomic E-state index is -0.783. The van der Waals surface area contributed by atoms with Crippen molar-refractivity contribution in [1.29, 1.82) is 0 Å². The molecular weight excluding hydrogens is 320 g/mol. The van der Waals surface area contributed by atoms with Crippen LogP contribution in [0.5, 0.6) is 0 Å². The highest BCUT2D eigenvalue weighted by Gasteiger charge is 2.19. The summed E-state index contributed by atoms with van der Waals surface area (Å²) in [5.74, 6) is -0.839. The van der Waals surface area contributed by atoms with Crippen molar-refractivity contribution in [2.24, 2.45) is 5.73 Å². The molecule has 0 fully saturated rings. The number of anilines is 1. The number of amides is 1. The number of benzene rings is 1. The third-order valence-electron chi connectivity index (χ3n) is 3.61. The monoisotopic (exact) mass is 336 g/mol. The van der Waals surface area contributed by atoms with Crippen LogP contribution in [-0.4, -0.2) is 25.7 Å². The van der Waals surface area contributed by atoms with Crippen LogP contribution in [0, 0.1) is 0 Å². The zero-order valence-electron chi connectivity index (χ0n) is 13.5. The number of aryl methyl sites for hydroxylation is 1. The van der Waals surface area contributed by atoms with Crippen LogP contribution < -0.4 is 17.0 Å². The van der Waals surface area contributed by atoms with Gasteiger partial charge < -0.3 is 11.5 Å². The third kappa shape index (κ3) is 3.09. The summed E-state index contributed by atoms with van der Waals surface area (Å²) in [6, 6.07) is 12.2. The highest BCUT2D eigenvalue weighted by molar-refractivity contribution is 5.96. The van der Waals surface area contributed by atoms with Gasteiger partial charge in [0.2, 0.25) is 0 Å². The van der Waals surface area contributed by atoms with E-state index < -0.39 is 5.91 Å². The van der Waals surface area contributed by atoms with Crippen LogP contribution in [0.25, 0.3) is 22.6 Å². The Hall–Kier alpha value is -3.55. The van der Waals surface area contributed by atoms with Gasteiger partial charge in [-0.1, -0.05) is 30.3 Å². The normalized spacial score (nSPS) is 10.6. The van der Waals surface area contributed by atoms with Crippen LogP contribution >= 0.6 is 0 Å². The molecule has 3 rings (SSSR count). The molecule has 1 aromatic carbocycles. The quantitative estimate of drug-likeness (QED) is 0.733. The molecule has 8 nitrogen and oxygen atoms in total. The van der Waals surface area contributed by atoms with Gasteiger partial charge in [0.05, 0.1) is 0 Å². The highest BCUT2D eigenvalue weighted by atomic mass is 16.1. The van der Waals surface area contributed by atoms with E-state index in [2.05, 4.69) is 15.1 Å². The van der Waals surface area contributed by atoms with Gasteiger partial charge in [-0.25, -0.2) is 14.6 Å². The lowest BCUT2D eigenvalue weighted by atomic mass is 10.1. The van der Waals surface area contributed by atoms with Gasteiger partial charge in [-0.3, -0.25) is 9.59 Å². The lowest BCUT2D eigenvalue weighted by Gasteiger charge is -2.12. The first kappa shape index (κ1) is 16.3. The summed E-state index contributed by atoms with van der Waals surface area (Å²) in [4.78, 5) is 32.0. The average molecular weight is 336 g/mol. The molecule has 0 atom stereocenters. The number of aromatic nitrogens is 4. The Morgan fingerprint density at radius 2 is 1.80 bits per heavy atom. The topological polar surface area (TPSA) is 130 Å². The zero-order valence-corrected chi connectivity index (χ0v) is 13.5. The second-order valence-corrected chi connectivity index (χ2v) is 5.26. The van der Waals surface area contributed by atoms with Gasteiger partial charge in [-0.15, -0.1) is 0 Å². The summed E-state index contributed by atoms with van der Waals surface area (Å²) in [7, 11) is 0. The first-order valence-electron chi connectivity index (χ1n) is 7.62. The molecule has 8 heteroatoms. The van der Waals surface area contributed by atoms with Crippen molar-refractivity contribution in [3.8, 4) is 22.6 Å². The molecule has 4 N–H and O–H groups in total. The van der Waals surface area contributed by atoms with E-state index in [-0.39, 0.29) is 17.1 Å². The molecule has 3 aromatic rings. The number of primary amides is 1. The summed E-state index contributed by atoms with van der Waals surface area (Å²) in [5, 5.41) is 4.29. The molecule has 0 aliphatic heterocycles. The van der Waals surface area contributed by atoms with Crippen molar-refractivity contribution >= 4 is 11.7 Å². The summed E-state index contributed by atoms with van der Waals surface area (Å²) in [5.41, 5.74) is 12.7. The second-order valence-electron chi connectivity index (χ2n) is 5.26. The smallest absolute Gasteiger partial charge is 0.271 e. The lowest BCUT2D eigenvalue weighted by Crippen LogP contribution is -2.22. The van der Waals surface area contributed by atoms with Gasteiger partial charge in [0.25, 0.3) is 11.5 Å². The number of nitrogens with two attached hydrogens (primary N) is 2. The fourth-order valence-corrected chi connectivity index (χ4v) is 2.41. The van der Waals surface area contributed by atoms with Gasteiger partial charge in [0, 0.05) is 18.2 Å². The number of carbonyl (C=O) groups is 1. The molecule has 0 unspecified atom stereocenters. The van der Waals surface area contributed by atoms with Gasteiger partial charge in [0.15, 0.2) is 11.5 Å². The van der Waals surface area contributed by atoms with Gasteiger partial charge in [-0.05, 0) is 13.0 Å². The van der Waals surface area contributed by atoms with E-state index in [1.54, 1.807) is 6.92 Å². The molecule has 0 radical (unpaired) electrons. The third-order valence-corrected chi connectivity index (χ3v) is 3.61. The van der Waals surface area contributed by atoms with Crippen molar-refractivity contribution in [2.45, 2.75) is 13.5 Å². The van der Waals surface area contributed by atoms with Crippen LogP contribution in [0.2, 0.25) is 0 Å². The SMILES string of the molecule is CCn1nc(-c2nc(C(N)=O)c(N)nc2-c2ccccc2)ccc1=O. The molecule has 0 saturated carbocycles. The molecule has 0 spiro atoms. The van der Waals surface area contributed by atoms with E-state index >= 15 is 0 Å². The Morgan fingerprint density at radius 3 is 2.44 bits per heavy atom. The predicted molar refractivity (Wildman–Crippen MR) is 93.6 cm³/mol. The maximum Gasteiger partial charge on any atom is 0.271 e. The van der Waals surface area contributed by atoms with E-state index in [1.807, 2.05) is 30.3 Å². The molecule has 0 bridgehead atoms. The van der Waals surface area contributed by atoms with Gasteiger partial charge >= 0.3 is 0 Å². The standard InChI is InChI=1S/C17H16N6O2/c1-2-23-12(24)9-8-11(22-23)14-13(10-6-4-3-5-7-10)21-16(18)15(20-14)17(19)25/h3-9H,2H2,1H3,(H2,18,21)(H2,19,25). The van der Waals surface area contributed by atoms with Gasteiger partial charge in [0.1, 0.15) is 17.1 Å². The Morgan fingerprint density at radius 1 is 1.08 bits per heavy atom. The summed E-state index contributed by atoms with van der Waals surface area (Å²) in [6.07, 6.45) is 0. The molecule has 0 aliphatic carbocycles. The number of nitrogens with zero attached hydrogens (tertiary/aromatic N) is 4. The van der Waals surface area contributed by atoms with Gasteiger partial charge in [-0.2, -0.15) is 5.10 Å². The number of hydrogen-bond acceptors (Lipinski definition) is 6. The number of nitrogen functional groups attached to an aromatic ring is 1. The maximum atomic E-state index is 11.8. The first-order chi connectivity index (χ1) is 12.0. The van der Waals surface area contributed by atoms with Crippen LogP contribution in [0.4, 0.5) is 5.82 Å². The molecule has 1 amide bonds. The first-order valence-corrected chi connectivity index (χ1v) is 7.62. The second kappa shape index (κ2) is 6.52. The van der Waals surface area contributed by atoms with Crippen LogP contribution in [-0.2, 0) is 6.54 Å².